The van der Waals surface area contributed by atoms with Gasteiger partial charge in [-0.15, -0.1) is 0 Å². The van der Waals surface area contributed by atoms with Gasteiger partial charge in [0.2, 0.25) is 0 Å². The summed E-state index contributed by atoms with van der Waals surface area (Å²) >= 11 is 0. The monoisotopic (exact) mass is 387 g/mol. The number of hydrogen-bond acceptors (Lipinski definition) is 5. The number of piperazine rings is 1. The number of carbonyl (C=O) groups excluding carboxylic acids is 1. The average molecular weight is 387 g/mol. The summed E-state index contributed by atoms with van der Waals surface area (Å²) in [4.78, 5) is 28.2. The molecule has 0 aliphatic carbocycles. The standard InChI is InChI=1S/C23H25N5O/c1-2-28(20-8-4-3-5-9-20)22-18-19(11-13-25-22)23(29)27-16-14-26(15-17-27)21-10-6-7-12-24-21/h3-13,18H,2,14-17H2,1H3. The molecule has 1 saturated heterocycles. The van der Waals surface area contributed by atoms with Crippen LogP contribution < -0.4 is 9.80 Å². The highest BCUT2D eigenvalue weighted by Gasteiger charge is 2.23. The van der Waals surface area contributed by atoms with Crippen molar-refractivity contribution in [2.75, 3.05) is 42.5 Å². The van der Waals surface area contributed by atoms with E-state index in [0.29, 0.717) is 18.7 Å². The summed E-state index contributed by atoms with van der Waals surface area (Å²) in [5.41, 5.74) is 1.74. The van der Waals surface area contributed by atoms with Crippen molar-refractivity contribution in [2.24, 2.45) is 0 Å². The Morgan fingerprint density at radius 1 is 0.931 bits per heavy atom. The quantitative estimate of drug-likeness (QED) is 0.670. The van der Waals surface area contributed by atoms with Crippen molar-refractivity contribution in [2.45, 2.75) is 6.92 Å². The lowest BCUT2D eigenvalue weighted by Crippen LogP contribution is -2.49. The Balaban J connectivity index is 1.46. The van der Waals surface area contributed by atoms with Gasteiger partial charge in [-0.1, -0.05) is 24.3 Å². The fraction of sp³-hybridized carbons (Fsp3) is 0.261. The van der Waals surface area contributed by atoms with Gasteiger partial charge in [-0.3, -0.25) is 4.79 Å². The van der Waals surface area contributed by atoms with Gasteiger partial charge < -0.3 is 14.7 Å². The lowest BCUT2D eigenvalue weighted by molar-refractivity contribution is 0.0746. The van der Waals surface area contributed by atoms with Crippen LogP contribution in [0.3, 0.4) is 0 Å². The number of hydrogen-bond donors (Lipinski definition) is 0. The Hall–Kier alpha value is -3.41. The predicted molar refractivity (Wildman–Crippen MR) is 116 cm³/mol. The lowest BCUT2D eigenvalue weighted by atomic mass is 10.2. The molecule has 3 aromatic rings. The molecular weight excluding hydrogens is 362 g/mol. The molecule has 1 aliphatic heterocycles. The number of benzene rings is 1. The van der Waals surface area contributed by atoms with E-state index in [-0.39, 0.29) is 5.91 Å². The fourth-order valence-corrected chi connectivity index (χ4v) is 3.65. The van der Waals surface area contributed by atoms with Gasteiger partial charge in [-0.05, 0) is 43.3 Å². The second-order valence-corrected chi connectivity index (χ2v) is 6.95. The van der Waals surface area contributed by atoms with E-state index in [2.05, 4.69) is 38.8 Å². The van der Waals surface area contributed by atoms with Gasteiger partial charge in [0.15, 0.2) is 0 Å². The molecule has 3 heterocycles. The van der Waals surface area contributed by atoms with E-state index in [9.17, 15) is 4.79 Å². The van der Waals surface area contributed by atoms with Crippen molar-refractivity contribution in [3.63, 3.8) is 0 Å². The van der Waals surface area contributed by atoms with E-state index in [1.807, 2.05) is 47.4 Å². The summed E-state index contributed by atoms with van der Waals surface area (Å²) in [5, 5.41) is 0. The van der Waals surface area contributed by atoms with Crippen LogP contribution in [0.15, 0.2) is 73.1 Å². The molecule has 0 unspecified atom stereocenters. The Morgan fingerprint density at radius 2 is 1.69 bits per heavy atom. The highest BCUT2D eigenvalue weighted by Crippen LogP contribution is 2.24. The SMILES string of the molecule is CCN(c1ccccc1)c1cc(C(=O)N2CCN(c3ccccn3)CC2)ccn1. The van der Waals surface area contributed by atoms with Crippen LogP contribution in [0.25, 0.3) is 0 Å². The molecule has 0 bridgehead atoms. The molecule has 4 rings (SSSR count). The Labute approximate surface area is 171 Å². The van der Waals surface area contributed by atoms with Crippen molar-refractivity contribution in [1.29, 1.82) is 0 Å². The van der Waals surface area contributed by atoms with Crippen LogP contribution in [0.2, 0.25) is 0 Å². The zero-order valence-corrected chi connectivity index (χ0v) is 16.6. The molecule has 0 N–H and O–H groups in total. The van der Waals surface area contributed by atoms with Gasteiger partial charge in [0, 0.05) is 56.4 Å². The molecule has 0 atom stereocenters. The molecule has 148 valence electrons. The van der Waals surface area contributed by atoms with E-state index in [1.165, 1.54) is 0 Å². The molecule has 6 heteroatoms. The number of carbonyl (C=O) groups is 1. The second-order valence-electron chi connectivity index (χ2n) is 6.95. The molecule has 1 aromatic carbocycles. The second kappa shape index (κ2) is 8.73. The number of pyridine rings is 2. The molecule has 2 aromatic heterocycles. The van der Waals surface area contributed by atoms with Crippen LogP contribution in [-0.2, 0) is 0 Å². The van der Waals surface area contributed by atoms with Gasteiger partial charge in [-0.2, -0.15) is 0 Å². The normalized spacial score (nSPS) is 14.0. The fourth-order valence-electron chi connectivity index (χ4n) is 3.65. The van der Waals surface area contributed by atoms with Gasteiger partial charge in [0.1, 0.15) is 11.6 Å². The van der Waals surface area contributed by atoms with E-state index < -0.39 is 0 Å². The van der Waals surface area contributed by atoms with Crippen LogP contribution >= 0.6 is 0 Å². The lowest BCUT2D eigenvalue weighted by Gasteiger charge is -2.35. The van der Waals surface area contributed by atoms with Crippen LogP contribution in [0.5, 0.6) is 0 Å². The maximum atomic E-state index is 13.1. The molecule has 0 saturated carbocycles. The Kier molecular flexibility index (Phi) is 5.70. The molecule has 1 aliphatic rings. The summed E-state index contributed by atoms with van der Waals surface area (Å²) < 4.78 is 0. The number of anilines is 3. The van der Waals surface area contributed by atoms with Crippen molar-refractivity contribution in [3.8, 4) is 0 Å². The first-order valence-electron chi connectivity index (χ1n) is 10.00. The molecule has 0 spiro atoms. The number of nitrogens with zero attached hydrogens (tertiary/aromatic N) is 5. The zero-order chi connectivity index (χ0) is 20.1. The van der Waals surface area contributed by atoms with Crippen molar-refractivity contribution < 1.29 is 4.79 Å². The highest BCUT2D eigenvalue weighted by molar-refractivity contribution is 5.95. The van der Waals surface area contributed by atoms with Crippen LogP contribution in [-0.4, -0.2) is 53.5 Å². The van der Waals surface area contributed by atoms with Crippen LogP contribution in [0.4, 0.5) is 17.3 Å². The largest absolute Gasteiger partial charge is 0.353 e. The van der Waals surface area contributed by atoms with E-state index >= 15 is 0 Å². The van der Waals surface area contributed by atoms with E-state index in [0.717, 1.165) is 37.0 Å². The molecule has 6 nitrogen and oxygen atoms in total. The zero-order valence-electron chi connectivity index (χ0n) is 16.6. The Bertz CT molecular complexity index is 940. The first kappa shape index (κ1) is 18.9. The maximum absolute atomic E-state index is 13.1. The molecule has 29 heavy (non-hydrogen) atoms. The minimum Gasteiger partial charge on any atom is -0.353 e. The number of amides is 1. The Morgan fingerprint density at radius 3 is 2.38 bits per heavy atom. The molecule has 0 radical (unpaired) electrons. The first-order chi connectivity index (χ1) is 14.3. The van der Waals surface area contributed by atoms with Crippen LogP contribution in [0, 0.1) is 0 Å². The molecule has 1 amide bonds. The molecule has 1 fully saturated rings. The van der Waals surface area contributed by atoms with Gasteiger partial charge in [0.05, 0.1) is 0 Å². The number of para-hydroxylation sites is 1. The van der Waals surface area contributed by atoms with Crippen LogP contribution in [0.1, 0.15) is 17.3 Å². The van der Waals surface area contributed by atoms with Gasteiger partial charge in [0.25, 0.3) is 5.91 Å². The van der Waals surface area contributed by atoms with Crippen molar-refractivity contribution >= 4 is 23.2 Å². The topological polar surface area (TPSA) is 52.6 Å². The van der Waals surface area contributed by atoms with E-state index in [1.54, 1.807) is 18.5 Å². The summed E-state index contributed by atoms with van der Waals surface area (Å²) in [7, 11) is 0. The summed E-state index contributed by atoms with van der Waals surface area (Å²) in [6, 6.07) is 19.7. The average Bonchev–Trinajstić information content (AvgIpc) is 2.81. The minimum atomic E-state index is 0.0541. The third kappa shape index (κ3) is 4.21. The summed E-state index contributed by atoms with van der Waals surface area (Å²) in [5.74, 6) is 1.81. The van der Waals surface area contributed by atoms with Crippen molar-refractivity contribution in [3.05, 3.63) is 78.6 Å². The summed E-state index contributed by atoms with van der Waals surface area (Å²) in [6.45, 7) is 5.79. The predicted octanol–water partition coefficient (Wildman–Crippen LogP) is 3.60. The first-order valence-corrected chi connectivity index (χ1v) is 10.00. The third-order valence-electron chi connectivity index (χ3n) is 5.19. The number of rotatable bonds is 5. The van der Waals surface area contributed by atoms with Crippen molar-refractivity contribution in [1.82, 2.24) is 14.9 Å². The minimum absolute atomic E-state index is 0.0541. The highest BCUT2D eigenvalue weighted by atomic mass is 16.2. The third-order valence-corrected chi connectivity index (χ3v) is 5.19. The summed E-state index contributed by atoms with van der Waals surface area (Å²) in [6.07, 6.45) is 3.52. The maximum Gasteiger partial charge on any atom is 0.254 e. The smallest absolute Gasteiger partial charge is 0.254 e. The van der Waals surface area contributed by atoms with Gasteiger partial charge in [-0.25, -0.2) is 9.97 Å². The molecular formula is C23H25N5O. The number of aromatic nitrogens is 2. The van der Waals surface area contributed by atoms with Gasteiger partial charge >= 0.3 is 0 Å². The van der Waals surface area contributed by atoms with E-state index in [4.69, 9.17) is 0 Å².